The van der Waals surface area contributed by atoms with Gasteiger partial charge in [-0.3, -0.25) is 4.79 Å². The van der Waals surface area contributed by atoms with Crippen LogP contribution in [-0.4, -0.2) is 18.1 Å². The Hall–Kier alpha value is -2.75. The van der Waals surface area contributed by atoms with E-state index in [0.717, 1.165) is 24.0 Å². The Balaban J connectivity index is 1.88. The van der Waals surface area contributed by atoms with E-state index < -0.39 is 0 Å². The average Bonchev–Trinajstić information content (AvgIpc) is 2.60. The van der Waals surface area contributed by atoms with Crippen LogP contribution in [0.4, 0.5) is 0 Å². The molecule has 2 rings (SSSR count). The number of hydrogen-bond acceptors (Lipinski definition) is 3. The van der Waals surface area contributed by atoms with Crippen molar-refractivity contribution < 1.29 is 14.6 Å². The van der Waals surface area contributed by atoms with Gasteiger partial charge in [-0.25, -0.2) is 0 Å². The van der Waals surface area contributed by atoms with Crippen molar-refractivity contribution in [3.8, 4) is 11.5 Å². The topological polar surface area (TPSA) is 58.6 Å². The van der Waals surface area contributed by atoms with Crippen LogP contribution in [-0.2, 0) is 17.8 Å². The summed E-state index contributed by atoms with van der Waals surface area (Å²) in [6.45, 7) is 2.52. The first-order valence-electron chi connectivity index (χ1n) is 8.03. The van der Waals surface area contributed by atoms with E-state index in [4.69, 9.17) is 4.74 Å². The van der Waals surface area contributed by atoms with E-state index in [-0.39, 0.29) is 11.7 Å². The molecular weight excluding hydrogens is 302 g/mol. The molecule has 0 aromatic heterocycles. The Labute approximate surface area is 142 Å². The summed E-state index contributed by atoms with van der Waals surface area (Å²) < 4.78 is 5.05. The number of ether oxygens (including phenoxy) is 1. The average molecular weight is 325 g/mol. The quantitative estimate of drug-likeness (QED) is 0.764. The number of methoxy groups -OCH3 is 1. The number of amides is 1. The van der Waals surface area contributed by atoms with Gasteiger partial charge in [0.25, 0.3) is 0 Å². The molecule has 126 valence electrons. The van der Waals surface area contributed by atoms with Gasteiger partial charge in [0.15, 0.2) is 11.5 Å². The third kappa shape index (κ3) is 5.16. The maximum Gasteiger partial charge on any atom is 0.244 e. The van der Waals surface area contributed by atoms with Crippen LogP contribution in [0, 0.1) is 0 Å². The van der Waals surface area contributed by atoms with Gasteiger partial charge in [0.2, 0.25) is 5.91 Å². The Morgan fingerprint density at radius 3 is 2.54 bits per heavy atom. The van der Waals surface area contributed by atoms with Crippen LogP contribution >= 0.6 is 0 Å². The predicted molar refractivity (Wildman–Crippen MR) is 96.0 cm³/mol. The first-order chi connectivity index (χ1) is 11.6. The molecule has 0 aliphatic heterocycles. The van der Waals surface area contributed by atoms with Crippen LogP contribution < -0.4 is 10.1 Å². The summed E-state index contributed by atoms with van der Waals surface area (Å²) in [7, 11) is 1.49. The summed E-state index contributed by atoms with van der Waals surface area (Å²) in [6, 6.07) is 13.2. The van der Waals surface area contributed by atoms with E-state index in [1.165, 1.54) is 18.7 Å². The van der Waals surface area contributed by atoms with Crippen LogP contribution in [0.1, 0.15) is 30.0 Å². The number of hydrogen-bond donors (Lipinski definition) is 2. The van der Waals surface area contributed by atoms with Crippen molar-refractivity contribution in [2.24, 2.45) is 0 Å². The first-order valence-corrected chi connectivity index (χ1v) is 8.03. The lowest BCUT2D eigenvalue weighted by Crippen LogP contribution is -2.20. The molecule has 0 saturated carbocycles. The van der Waals surface area contributed by atoms with Gasteiger partial charge in [-0.2, -0.15) is 0 Å². The number of aryl methyl sites for hydroxylation is 1. The van der Waals surface area contributed by atoms with Gasteiger partial charge in [0.05, 0.1) is 7.11 Å². The molecule has 4 heteroatoms. The molecule has 0 atom stereocenters. The van der Waals surface area contributed by atoms with Crippen LogP contribution in [0.3, 0.4) is 0 Å². The number of carbonyl (C=O) groups is 1. The highest BCUT2D eigenvalue weighted by Crippen LogP contribution is 2.26. The molecule has 0 unspecified atom stereocenters. The van der Waals surface area contributed by atoms with Crippen LogP contribution in [0.5, 0.6) is 11.5 Å². The van der Waals surface area contributed by atoms with Gasteiger partial charge in [-0.05, 0) is 41.3 Å². The SMILES string of the molecule is CCCc1ccc(/C=C/C(=O)NCc2ccc(O)c(OC)c2)cc1. The Morgan fingerprint density at radius 1 is 1.17 bits per heavy atom. The smallest absolute Gasteiger partial charge is 0.244 e. The molecule has 0 heterocycles. The fourth-order valence-electron chi connectivity index (χ4n) is 2.34. The first kappa shape index (κ1) is 17.6. The van der Waals surface area contributed by atoms with Crippen molar-refractivity contribution >= 4 is 12.0 Å². The molecule has 4 nitrogen and oxygen atoms in total. The van der Waals surface area contributed by atoms with Crippen molar-refractivity contribution in [1.82, 2.24) is 5.32 Å². The number of phenols is 1. The van der Waals surface area contributed by atoms with E-state index in [9.17, 15) is 9.90 Å². The molecule has 24 heavy (non-hydrogen) atoms. The molecular formula is C20H23NO3. The minimum absolute atomic E-state index is 0.0824. The molecule has 0 saturated heterocycles. The number of rotatable bonds is 7. The maximum atomic E-state index is 11.9. The highest BCUT2D eigenvalue weighted by atomic mass is 16.5. The number of benzene rings is 2. The fourth-order valence-corrected chi connectivity index (χ4v) is 2.34. The van der Waals surface area contributed by atoms with Crippen molar-refractivity contribution in [2.75, 3.05) is 7.11 Å². The molecule has 2 aromatic carbocycles. The number of aromatic hydroxyl groups is 1. The summed E-state index contributed by atoms with van der Waals surface area (Å²) in [5, 5.41) is 12.4. The zero-order chi connectivity index (χ0) is 17.4. The summed E-state index contributed by atoms with van der Waals surface area (Å²) in [5.41, 5.74) is 3.16. The monoisotopic (exact) mass is 325 g/mol. The van der Waals surface area contributed by atoms with Crippen molar-refractivity contribution in [3.05, 3.63) is 65.2 Å². The molecule has 0 bridgehead atoms. The lowest BCUT2D eigenvalue weighted by atomic mass is 10.1. The van der Waals surface area contributed by atoms with Gasteiger partial charge in [0, 0.05) is 12.6 Å². The van der Waals surface area contributed by atoms with E-state index in [0.29, 0.717) is 12.3 Å². The number of phenolic OH excluding ortho intramolecular Hbond substituents is 1. The van der Waals surface area contributed by atoms with Crippen LogP contribution in [0.2, 0.25) is 0 Å². The van der Waals surface area contributed by atoms with Crippen molar-refractivity contribution in [1.29, 1.82) is 0 Å². The summed E-state index contributed by atoms with van der Waals surface area (Å²) in [6.07, 6.45) is 5.51. The van der Waals surface area contributed by atoms with E-state index in [1.54, 1.807) is 24.3 Å². The zero-order valence-electron chi connectivity index (χ0n) is 14.1. The maximum absolute atomic E-state index is 11.9. The second-order valence-electron chi connectivity index (χ2n) is 5.55. The molecule has 0 spiro atoms. The van der Waals surface area contributed by atoms with E-state index in [2.05, 4.69) is 24.4 Å². The second kappa shape index (κ2) is 8.77. The predicted octanol–water partition coefficient (Wildman–Crippen LogP) is 3.68. The number of carbonyl (C=O) groups excluding carboxylic acids is 1. The standard InChI is InChI=1S/C20H23NO3/c1-3-4-15-5-7-16(8-6-15)10-12-20(23)21-14-17-9-11-18(22)19(13-17)24-2/h5-13,22H,3-4,14H2,1-2H3,(H,21,23)/b12-10+. The van der Waals surface area contributed by atoms with Crippen LogP contribution in [0.25, 0.3) is 6.08 Å². The molecule has 2 aromatic rings. The summed E-state index contributed by atoms with van der Waals surface area (Å²) >= 11 is 0. The molecule has 0 aliphatic carbocycles. The van der Waals surface area contributed by atoms with Crippen molar-refractivity contribution in [3.63, 3.8) is 0 Å². The van der Waals surface area contributed by atoms with E-state index in [1.807, 2.05) is 12.1 Å². The molecule has 0 aliphatic rings. The van der Waals surface area contributed by atoms with Crippen molar-refractivity contribution in [2.45, 2.75) is 26.3 Å². The molecule has 0 fully saturated rings. The second-order valence-corrected chi connectivity index (χ2v) is 5.55. The minimum Gasteiger partial charge on any atom is -0.504 e. The Morgan fingerprint density at radius 2 is 1.88 bits per heavy atom. The molecule has 2 N–H and O–H groups in total. The van der Waals surface area contributed by atoms with E-state index >= 15 is 0 Å². The van der Waals surface area contributed by atoms with Gasteiger partial charge in [-0.1, -0.05) is 43.7 Å². The van der Waals surface area contributed by atoms with Gasteiger partial charge >= 0.3 is 0 Å². The lowest BCUT2D eigenvalue weighted by Gasteiger charge is -2.07. The highest BCUT2D eigenvalue weighted by Gasteiger charge is 2.03. The largest absolute Gasteiger partial charge is 0.504 e. The molecule has 1 amide bonds. The highest BCUT2D eigenvalue weighted by molar-refractivity contribution is 5.91. The lowest BCUT2D eigenvalue weighted by molar-refractivity contribution is -0.116. The molecule has 0 radical (unpaired) electrons. The normalized spacial score (nSPS) is 10.8. The summed E-state index contributed by atoms with van der Waals surface area (Å²) in [5.74, 6) is 0.308. The Bertz CT molecular complexity index is 705. The third-order valence-corrected chi connectivity index (χ3v) is 3.66. The van der Waals surface area contributed by atoms with Crippen LogP contribution in [0.15, 0.2) is 48.5 Å². The fraction of sp³-hybridized carbons (Fsp3) is 0.250. The zero-order valence-corrected chi connectivity index (χ0v) is 14.1. The number of nitrogens with one attached hydrogen (secondary N) is 1. The minimum atomic E-state index is -0.167. The van der Waals surface area contributed by atoms with Gasteiger partial charge in [0.1, 0.15) is 0 Å². The summed E-state index contributed by atoms with van der Waals surface area (Å²) in [4.78, 5) is 11.9. The third-order valence-electron chi connectivity index (χ3n) is 3.66. The van der Waals surface area contributed by atoms with Gasteiger partial charge in [-0.15, -0.1) is 0 Å². The van der Waals surface area contributed by atoms with Gasteiger partial charge < -0.3 is 15.2 Å². The Kier molecular flexibility index (Phi) is 6.43.